The number of aliphatic carboxylic acids is 1. The molecule has 1 atom stereocenters. The van der Waals surface area contributed by atoms with Crippen LogP contribution < -0.4 is 5.32 Å². The molecule has 0 bridgehead atoms. The lowest BCUT2D eigenvalue weighted by Gasteiger charge is -2.20. The summed E-state index contributed by atoms with van der Waals surface area (Å²) < 4.78 is 25.0. The zero-order chi connectivity index (χ0) is 15.8. The number of rotatable bonds is 9. The molecule has 0 fully saturated rings. The van der Waals surface area contributed by atoms with Gasteiger partial charge in [0.1, 0.15) is 6.04 Å². The van der Waals surface area contributed by atoms with Crippen molar-refractivity contribution in [3.05, 3.63) is 35.4 Å². The first-order valence-electron chi connectivity index (χ1n) is 7.06. The van der Waals surface area contributed by atoms with Gasteiger partial charge < -0.3 is 10.0 Å². The van der Waals surface area contributed by atoms with Crippen LogP contribution in [-0.2, 0) is 4.79 Å². The highest BCUT2D eigenvalue weighted by Crippen LogP contribution is 2.21. The van der Waals surface area contributed by atoms with Crippen molar-refractivity contribution in [2.24, 2.45) is 0 Å². The van der Waals surface area contributed by atoms with Crippen LogP contribution >= 0.6 is 0 Å². The van der Waals surface area contributed by atoms with Gasteiger partial charge in [0, 0.05) is 18.7 Å². The number of likely N-dealkylation sites (N-methyl/N-ethyl adjacent to an activating group) is 1. The van der Waals surface area contributed by atoms with Crippen molar-refractivity contribution < 1.29 is 18.7 Å². The van der Waals surface area contributed by atoms with Gasteiger partial charge in [-0.05, 0) is 18.7 Å². The Hall–Kier alpha value is -1.53. The lowest BCUT2D eigenvalue weighted by molar-refractivity contribution is -0.139. The van der Waals surface area contributed by atoms with Gasteiger partial charge in [-0.3, -0.25) is 10.1 Å². The number of alkyl halides is 2. The minimum Gasteiger partial charge on any atom is -0.480 e. The van der Waals surface area contributed by atoms with E-state index >= 15 is 0 Å². The average Bonchev–Trinajstić information content (AvgIpc) is 2.47. The number of halogens is 2. The third kappa shape index (κ3) is 5.40. The molecule has 0 saturated carbocycles. The van der Waals surface area contributed by atoms with Crippen LogP contribution in [0, 0.1) is 0 Å². The largest absolute Gasteiger partial charge is 0.480 e. The summed E-state index contributed by atoms with van der Waals surface area (Å²) in [5.41, 5.74) is 0.373. The zero-order valence-corrected chi connectivity index (χ0v) is 12.4. The molecule has 0 heterocycles. The van der Waals surface area contributed by atoms with Crippen LogP contribution in [-0.4, -0.2) is 42.2 Å². The Kier molecular flexibility index (Phi) is 7.25. The molecule has 1 aromatic rings. The predicted octanol–water partition coefficient (Wildman–Crippen LogP) is 2.68. The summed E-state index contributed by atoms with van der Waals surface area (Å²) in [6.45, 7) is 7.15. The number of nitrogens with zero attached hydrogens (tertiary/aromatic N) is 1. The molecule has 0 saturated heterocycles. The van der Waals surface area contributed by atoms with E-state index in [1.807, 2.05) is 13.8 Å². The van der Waals surface area contributed by atoms with E-state index in [9.17, 15) is 18.7 Å². The molecule has 0 radical (unpaired) electrons. The van der Waals surface area contributed by atoms with Gasteiger partial charge in [-0.15, -0.1) is 0 Å². The number of carboxylic acid groups (broad SMARTS) is 1. The van der Waals surface area contributed by atoms with E-state index in [4.69, 9.17) is 0 Å². The smallest absolute Gasteiger partial charge is 0.325 e. The molecule has 1 aromatic carbocycles. The van der Waals surface area contributed by atoms with E-state index in [0.29, 0.717) is 12.1 Å². The molecule has 0 aliphatic rings. The summed E-state index contributed by atoms with van der Waals surface area (Å²) in [4.78, 5) is 13.5. The lowest BCUT2D eigenvalue weighted by atomic mass is 10.0. The van der Waals surface area contributed by atoms with E-state index in [0.717, 1.165) is 19.6 Å². The Morgan fingerprint density at radius 3 is 2.14 bits per heavy atom. The van der Waals surface area contributed by atoms with Crippen molar-refractivity contribution in [1.29, 1.82) is 0 Å². The number of carboxylic acids is 1. The fourth-order valence-corrected chi connectivity index (χ4v) is 2.09. The lowest BCUT2D eigenvalue weighted by Crippen LogP contribution is -2.36. The maximum absolute atomic E-state index is 12.5. The maximum Gasteiger partial charge on any atom is 0.325 e. The van der Waals surface area contributed by atoms with Gasteiger partial charge in [-0.25, -0.2) is 8.78 Å². The standard InChI is InChI=1S/C15H22F2N2O2/c1-3-19(4-2)10-9-18-13(15(20)21)11-5-7-12(8-6-11)14(16)17/h5-8,13-14,18H,3-4,9-10H2,1-2H3,(H,20,21). The number of nitrogens with one attached hydrogen (secondary N) is 1. The van der Waals surface area contributed by atoms with Crippen molar-refractivity contribution in [2.45, 2.75) is 26.3 Å². The van der Waals surface area contributed by atoms with Gasteiger partial charge in [-0.1, -0.05) is 38.1 Å². The molecule has 21 heavy (non-hydrogen) atoms. The molecule has 0 amide bonds. The quantitative estimate of drug-likeness (QED) is 0.736. The third-order valence-electron chi connectivity index (χ3n) is 3.44. The topological polar surface area (TPSA) is 52.6 Å². The van der Waals surface area contributed by atoms with Crippen molar-refractivity contribution in [1.82, 2.24) is 10.2 Å². The van der Waals surface area contributed by atoms with E-state index in [1.54, 1.807) is 0 Å². The second-order valence-corrected chi connectivity index (χ2v) is 4.72. The number of carbonyl (C=O) groups is 1. The fraction of sp³-hybridized carbons (Fsp3) is 0.533. The Morgan fingerprint density at radius 1 is 1.19 bits per heavy atom. The summed E-state index contributed by atoms with van der Waals surface area (Å²) in [6.07, 6.45) is -2.54. The van der Waals surface area contributed by atoms with Gasteiger partial charge in [0.15, 0.2) is 0 Å². The van der Waals surface area contributed by atoms with Crippen molar-refractivity contribution in [3.63, 3.8) is 0 Å². The average molecular weight is 300 g/mol. The summed E-state index contributed by atoms with van der Waals surface area (Å²) in [5, 5.41) is 12.2. The first-order valence-corrected chi connectivity index (χ1v) is 7.06. The Balaban J connectivity index is 2.66. The molecule has 0 aromatic heterocycles. The first-order chi connectivity index (χ1) is 9.99. The minimum atomic E-state index is -2.54. The molecule has 1 rings (SSSR count). The number of benzene rings is 1. The highest BCUT2D eigenvalue weighted by molar-refractivity contribution is 5.75. The highest BCUT2D eigenvalue weighted by atomic mass is 19.3. The predicted molar refractivity (Wildman–Crippen MR) is 77.6 cm³/mol. The van der Waals surface area contributed by atoms with Crippen molar-refractivity contribution in [3.8, 4) is 0 Å². The molecular weight excluding hydrogens is 278 g/mol. The SMILES string of the molecule is CCN(CC)CCNC(C(=O)O)c1ccc(C(F)F)cc1. The molecule has 4 nitrogen and oxygen atoms in total. The minimum absolute atomic E-state index is 0.106. The second kappa shape index (κ2) is 8.69. The maximum atomic E-state index is 12.5. The van der Waals surface area contributed by atoms with Crippen LogP contribution in [0.15, 0.2) is 24.3 Å². The van der Waals surface area contributed by atoms with Gasteiger partial charge in [0.25, 0.3) is 6.43 Å². The normalized spacial score (nSPS) is 12.9. The summed E-state index contributed by atoms with van der Waals surface area (Å²) in [7, 11) is 0. The molecule has 2 N–H and O–H groups in total. The van der Waals surface area contributed by atoms with Crippen LogP contribution in [0.5, 0.6) is 0 Å². The molecular formula is C15H22F2N2O2. The monoisotopic (exact) mass is 300 g/mol. The molecule has 0 spiro atoms. The van der Waals surface area contributed by atoms with Crippen LogP contribution in [0.1, 0.15) is 37.4 Å². The first kappa shape index (κ1) is 17.5. The van der Waals surface area contributed by atoms with E-state index in [1.165, 1.54) is 24.3 Å². The Bertz CT molecular complexity index is 434. The van der Waals surface area contributed by atoms with Crippen LogP contribution in [0.3, 0.4) is 0 Å². The zero-order valence-electron chi connectivity index (χ0n) is 12.4. The van der Waals surface area contributed by atoms with Crippen LogP contribution in [0.25, 0.3) is 0 Å². The summed E-state index contributed by atoms with van der Waals surface area (Å²) >= 11 is 0. The van der Waals surface area contributed by atoms with Gasteiger partial charge in [-0.2, -0.15) is 0 Å². The van der Waals surface area contributed by atoms with E-state index in [-0.39, 0.29) is 5.56 Å². The summed E-state index contributed by atoms with van der Waals surface area (Å²) in [6, 6.07) is 4.52. The molecule has 1 unspecified atom stereocenters. The third-order valence-corrected chi connectivity index (χ3v) is 3.44. The van der Waals surface area contributed by atoms with Gasteiger partial charge in [0.2, 0.25) is 0 Å². The van der Waals surface area contributed by atoms with Crippen LogP contribution in [0.2, 0.25) is 0 Å². The fourth-order valence-electron chi connectivity index (χ4n) is 2.09. The van der Waals surface area contributed by atoms with Gasteiger partial charge in [0.05, 0.1) is 0 Å². The van der Waals surface area contributed by atoms with E-state index in [2.05, 4.69) is 10.2 Å². The van der Waals surface area contributed by atoms with E-state index < -0.39 is 18.4 Å². The summed E-state index contributed by atoms with van der Waals surface area (Å²) in [5.74, 6) is -1.01. The van der Waals surface area contributed by atoms with Crippen molar-refractivity contribution >= 4 is 5.97 Å². The molecule has 0 aliphatic heterocycles. The van der Waals surface area contributed by atoms with Crippen LogP contribution in [0.4, 0.5) is 8.78 Å². The Labute approximate surface area is 123 Å². The Morgan fingerprint density at radius 2 is 1.71 bits per heavy atom. The number of hydrogen-bond acceptors (Lipinski definition) is 3. The van der Waals surface area contributed by atoms with Gasteiger partial charge >= 0.3 is 5.97 Å². The molecule has 6 heteroatoms. The molecule has 118 valence electrons. The molecule has 0 aliphatic carbocycles. The second-order valence-electron chi connectivity index (χ2n) is 4.72. The van der Waals surface area contributed by atoms with Crippen molar-refractivity contribution in [2.75, 3.05) is 26.2 Å². The number of hydrogen-bond donors (Lipinski definition) is 2. The highest BCUT2D eigenvalue weighted by Gasteiger charge is 2.19.